The van der Waals surface area contributed by atoms with Gasteiger partial charge in [-0.05, 0) is 38.3 Å². The maximum Gasteiger partial charge on any atom is 0.222 e. The van der Waals surface area contributed by atoms with Crippen molar-refractivity contribution in [3.8, 4) is 6.07 Å². The topological polar surface area (TPSA) is 65.2 Å². The summed E-state index contributed by atoms with van der Waals surface area (Å²) in [7, 11) is 0. The molecule has 1 saturated heterocycles. The van der Waals surface area contributed by atoms with Gasteiger partial charge >= 0.3 is 0 Å². The van der Waals surface area contributed by atoms with Gasteiger partial charge in [0.25, 0.3) is 0 Å². The van der Waals surface area contributed by atoms with Crippen LogP contribution in [0.5, 0.6) is 0 Å². The Morgan fingerprint density at radius 1 is 1.17 bits per heavy atom. The van der Waals surface area contributed by atoms with Crippen LogP contribution in [0.25, 0.3) is 0 Å². The van der Waals surface area contributed by atoms with Crippen LogP contribution in [0, 0.1) is 32.1 Å². The Kier molecular flexibility index (Phi) is 7.05. The van der Waals surface area contributed by atoms with Gasteiger partial charge in [-0.15, -0.1) is 0 Å². The summed E-state index contributed by atoms with van der Waals surface area (Å²) in [5, 5.41) is 13.3. The molecule has 1 amide bonds. The first kappa shape index (κ1) is 21.1. The first-order valence-corrected chi connectivity index (χ1v) is 10.4. The number of nitrogens with zero attached hydrogens (tertiary/aromatic N) is 5. The van der Waals surface area contributed by atoms with Gasteiger partial charge in [0, 0.05) is 44.8 Å². The van der Waals surface area contributed by atoms with E-state index in [0.717, 1.165) is 49.7 Å². The molecule has 0 spiro atoms. The molecule has 6 heteroatoms. The first-order valence-electron chi connectivity index (χ1n) is 10.4. The molecular weight excluding hydrogens is 362 g/mol. The Bertz CT molecular complexity index is 887. The summed E-state index contributed by atoms with van der Waals surface area (Å²) in [6.07, 6.45) is 1.68. The Balaban J connectivity index is 1.48. The summed E-state index contributed by atoms with van der Waals surface area (Å²) < 4.78 is 1.89. The largest absolute Gasteiger partial charge is 0.340 e. The summed E-state index contributed by atoms with van der Waals surface area (Å²) in [5.41, 5.74) is 5.82. The standard InChI is InChI=1S/C23H31N5O/c1-18-6-4-7-21(16-18)17-26-12-14-27(15-13-26)23(29)9-8-22-19(2)25-28(20(22)3)11-5-10-24/h4,6-7,16H,5,8-9,11-15,17H2,1-3H3. The highest BCUT2D eigenvalue weighted by atomic mass is 16.2. The molecule has 6 nitrogen and oxygen atoms in total. The van der Waals surface area contributed by atoms with Gasteiger partial charge < -0.3 is 4.90 Å². The Hall–Kier alpha value is -2.65. The maximum absolute atomic E-state index is 12.7. The van der Waals surface area contributed by atoms with Gasteiger partial charge in [-0.25, -0.2) is 0 Å². The van der Waals surface area contributed by atoms with E-state index in [2.05, 4.69) is 47.3 Å². The summed E-state index contributed by atoms with van der Waals surface area (Å²) in [4.78, 5) is 17.1. The smallest absolute Gasteiger partial charge is 0.222 e. The van der Waals surface area contributed by atoms with Gasteiger partial charge in [0.15, 0.2) is 0 Å². The van der Waals surface area contributed by atoms with Crippen molar-refractivity contribution < 1.29 is 4.79 Å². The van der Waals surface area contributed by atoms with Gasteiger partial charge in [0.05, 0.1) is 24.7 Å². The molecule has 0 N–H and O–H groups in total. The van der Waals surface area contributed by atoms with E-state index < -0.39 is 0 Å². The zero-order valence-corrected chi connectivity index (χ0v) is 17.8. The minimum absolute atomic E-state index is 0.226. The van der Waals surface area contributed by atoms with Crippen molar-refractivity contribution in [2.75, 3.05) is 26.2 Å². The lowest BCUT2D eigenvalue weighted by molar-refractivity contribution is -0.133. The third-order valence-corrected chi connectivity index (χ3v) is 5.77. The average molecular weight is 394 g/mol. The maximum atomic E-state index is 12.7. The summed E-state index contributed by atoms with van der Waals surface area (Å²) in [6.45, 7) is 11.1. The molecule has 1 aromatic carbocycles. The lowest BCUT2D eigenvalue weighted by Crippen LogP contribution is -2.48. The van der Waals surface area contributed by atoms with Gasteiger partial charge in [-0.1, -0.05) is 29.8 Å². The third-order valence-electron chi connectivity index (χ3n) is 5.77. The molecule has 0 saturated carbocycles. The number of carbonyl (C=O) groups excluding carboxylic acids is 1. The molecule has 2 aromatic rings. The highest BCUT2D eigenvalue weighted by Gasteiger charge is 2.22. The normalized spacial score (nSPS) is 14.8. The molecule has 1 aromatic heterocycles. The van der Waals surface area contributed by atoms with Crippen LogP contribution in [0.3, 0.4) is 0 Å². The van der Waals surface area contributed by atoms with Crippen LogP contribution in [-0.4, -0.2) is 51.7 Å². The van der Waals surface area contributed by atoms with Crippen molar-refractivity contribution >= 4 is 5.91 Å². The molecule has 0 aliphatic carbocycles. The van der Waals surface area contributed by atoms with Crippen LogP contribution in [0.4, 0.5) is 0 Å². The van der Waals surface area contributed by atoms with Crippen molar-refractivity contribution in [2.24, 2.45) is 0 Å². The SMILES string of the molecule is Cc1cccc(CN2CCN(C(=O)CCc3c(C)nn(CCC#N)c3C)CC2)c1. The monoisotopic (exact) mass is 393 g/mol. The summed E-state index contributed by atoms with van der Waals surface area (Å²) in [6, 6.07) is 10.8. The second-order valence-corrected chi connectivity index (χ2v) is 7.93. The lowest BCUT2D eigenvalue weighted by Gasteiger charge is -2.35. The van der Waals surface area contributed by atoms with E-state index in [9.17, 15) is 4.79 Å². The number of benzene rings is 1. The average Bonchev–Trinajstić information content (AvgIpc) is 2.98. The van der Waals surface area contributed by atoms with Crippen LogP contribution in [0.1, 0.15) is 40.9 Å². The molecule has 0 unspecified atom stereocenters. The number of piperazine rings is 1. The molecule has 154 valence electrons. The van der Waals surface area contributed by atoms with Crippen LogP contribution in [0.2, 0.25) is 0 Å². The molecular formula is C23H31N5O. The molecule has 3 rings (SSSR count). The molecule has 1 aliphatic heterocycles. The molecule has 1 aliphatic rings. The Labute approximate surface area is 173 Å². The highest BCUT2D eigenvalue weighted by molar-refractivity contribution is 5.76. The number of rotatable bonds is 7. The van der Waals surface area contributed by atoms with Crippen molar-refractivity contribution in [1.82, 2.24) is 19.6 Å². The zero-order chi connectivity index (χ0) is 20.8. The molecule has 0 radical (unpaired) electrons. The predicted octanol–water partition coefficient (Wildman–Crippen LogP) is 3.00. The predicted molar refractivity (Wildman–Crippen MR) is 113 cm³/mol. The molecule has 1 fully saturated rings. The Morgan fingerprint density at radius 2 is 1.93 bits per heavy atom. The molecule has 0 atom stereocenters. The van der Waals surface area contributed by atoms with E-state index in [1.807, 2.05) is 23.4 Å². The fraction of sp³-hybridized carbons (Fsp3) is 0.522. The van der Waals surface area contributed by atoms with Crippen molar-refractivity contribution in [2.45, 2.75) is 53.1 Å². The summed E-state index contributed by atoms with van der Waals surface area (Å²) in [5.74, 6) is 0.226. The van der Waals surface area contributed by atoms with Crippen LogP contribution < -0.4 is 0 Å². The van der Waals surface area contributed by atoms with E-state index in [-0.39, 0.29) is 5.91 Å². The van der Waals surface area contributed by atoms with Crippen molar-refractivity contribution in [1.29, 1.82) is 5.26 Å². The first-order chi connectivity index (χ1) is 14.0. The second kappa shape index (κ2) is 9.71. The molecule has 2 heterocycles. The van der Waals surface area contributed by atoms with E-state index in [1.54, 1.807) is 0 Å². The fourth-order valence-electron chi connectivity index (χ4n) is 4.08. The van der Waals surface area contributed by atoms with Gasteiger partial charge in [0.2, 0.25) is 5.91 Å². The van der Waals surface area contributed by atoms with Gasteiger partial charge in [-0.2, -0.15) is 10.4 Å². The van der Waals surface area contributed by atoms with E-state index >= 15 is 0 Å². The van der Waals surface area contributed by atoms with Crippen LogP contribution >= 0.6 is 0 Å². The van der Waals surface area contributed by atoms with E-state index in [0.29, 0.717) is 25.8 Å². The molecule has 0 bridgehead atoms. The van der Waals surface area contributed by atoms with Gasteiger partial charge in [0.1, 0.15) is 0 Å². The number of carbonyl (C=O) groups is 1. The van der Waals surface area contributed by atoms with Crippen molar-refractivity contribution in [3.05, 3.63) is 52.3 Å². The number of hydrogen-bond donors (Lipinski definition) is 0. The highest BCUT2D eigenvalue weighted by Crippen LogP contribution is 2.17. The number of aryl methyl sites for hydroxylation is 3. The third kappa shape index (κ3) is 5.45. The quantitative estimate of drug-likeness (QED) is 0.725. The van der Waals surface area contributed by atoms with Gasteiger partial charge in [-0.3, -0.25) is 14.4 Å². The number of hydrogen-bond acceptors (Lipinski definition) is 4. The second-order valence-electron chi connectivity index (χ2n) is 7.93. The van der Waals surface area contributed by atoms with E-state index in [4.69, 9.17) is 5.26 Å². The number of nitriles is 1. The Morgan fingerprint density at radius 3 is 2.62 bits per heavy atom. The van der Waals surface area contributed by atoms with Crippen molar-refractivity contribution in [3.63, 3.8) is 0 Å². The number of aromatic nitrogens is 2. The minimum Gasteiger partial charge on any atom is -0.340 e. The summed E-state index contributed by atoms with van der Waals surface area (Å²) >= 11 is 0. The number of amides is 1. The van der Waals surface area contributed by atoms with Crippen LogP contribution in [0.15, 0.2) is 24.3 Å². The fourth-order valence-corrected chi connectivity index (χ4v) is 4.08. The van der Waals surface area contributed by atoms with Crippen LogP contribution in [-0.2, 0) is 24.3 Å². The molecule has 29 heavy (non-hydrogen) atoms. The lowest BCUT2D eigenvalue weighted by atomic mass is 10.1. The zero-order valence-electron chi connectivity index (χ0n) is 17.8. The van der Waals surface area contributed by atoms with E-state index in [1.165, 1.54) is 11.1 Å². The minimum atomic E-state index is 0.226.